The van der Waals surface area contributed by atoms with Gasteiger partial charge in [-0.05, 0) is 31.0 Å². The Kier molecular flexibility index (Phi) is 5.36. The highest BCUT2D eigenvalue weighted by molar-refractivity contribution is 6.36. The smallest absolute Gasteiger partial charge is 0.322 e. The molecule has 2 N–H and O–H groups in total. The number of esters is 1. The summed E-state index contributed by atoms with van der Waals surface area (Å²) in [5.74, 6) is 0.279. The summed E-state index contributed by atoms with van der Waals surface area (Å²) in [6.45, 7) is 3.08. The zero-order valence-corrected chi connectivity index (χ0v) is 16.6. The molecule has 0 saturated heterocycles. The fourth-order valence-electron chi connectivity index (χ4n) is 3.85. The normalized spacial score (nSPS) is 17.9. The third-order valence-corrected chi connectivity index (χ3v) is 5.38. The van der Waals surface area contributed by atoms with Crippen molar-refractivity contribution < 1.29 is 19.1 Å². The zero-order chi connectivity index (χ0) is 20.4. The number of methoxy groups -OCH3 is 1. The van der Waals surface area contributed by atoms with Crippen LogP contribution in [0.15, 0.2) is 42.5 Å². The van der Waals surface area contributed by atoms with Gasteiger partial charge in [-0.2, -0.15) is 0 Å². The van der Waals surface area contributed by atoms with Gasteiger partial charge in [0.2, 0.25) is 0 Å². The number of anilines is 1. The van der Waals surface area contributed by atoms with Crippen LogP contribution in [0.5, 0.6) is 0 Å². The summed E-state index contributed by atoms with van der Waals surface area (Å²) in [6, 6.07) is 13.5. The van der Waals surface area contributed by atoms with Crippen molar-refractivity contribution in [3.8, 4) is 0 Å². The zero-order valence-electron chi connectivity index (χ0n) is 16.6. The maximum Gasteiger partial charge on any atom is 0.322 e. The number of rotatable bonds is 6. The Morgan fingerprint density at radius 1 is 1.24 bits per heavy atom. The van der Waals surface area contributed by atoms with Crippen LogP contribution < -0.4 is 10.6 Å². The summed E-state index contributed by atoms with van der Waals surface area (Å²) >= 11 is 0. The second-order valence-electron chi connectivity index (χ2n) is 7.17. The van der Waals surface area contributed by atoms with E-state index in [2.05, 4.69) is 16.7 Å². The fourth-order valence-corrected chi connectivity index (χ4v) is 3.85. The molecule has 2 aromatic carbocycles. The van der Waals surface area contributed by atoms with Gasteiger partial charge in [-0.15, -0.1) is 0 Å². The van der Waals surface area contributed by atoms with Gasteiger partial charge in [-0.25, -0.2) is 0 Å². The molecular formula is C23H24N2O4. The van der Waals surface area contributed by atoms with Crippen LogP contribution in [-0.4, -0.2) is 31.6 Å². The maximum absolute atomic E-state index is 12.5. The number of para-hydroxylation sites is 1. The summed E-state index contributed by atoms with van der Waals surface area (Å²) in [6.07, 6.45) is 1.47. The molecule has 0 radical (unpaired) electrons. The minimum absolute atomic E-state index is 0.129. The number of amides is 1. The molecule has 6 heteroatoms. The van der Waals surface area contributed by atoms with E-state index in [4.69, 9.17) is 9.47 Å². The van der Waals surface area contributed by atoms with E-state index in [9.17, 15) is 9.59 Å². The van der Waals surface area contributed by atoms with Gasteiger partial charge in [-0.3, -0.25) is 9.59 Å². The van der Waals surface area contributed by atoms with Gasteiger partial charge >= 0.3 is 5.97 Å². The molecule has 0 aromatic heterocycles. The molecule has 0 fully saturated rings. The molecule has 4 rings (SSSR count). The molecule has 29 heavy (non-hydrogen) atoms. The Balaban J connectivity index is 1.52. The van der Waals surface area contributed by atoms with Gasteiger partial charge in [0.05, 0.1) is 12.7 Å². The van der Waals surface area contributed by atoms with Crippen molar-refractivity contribution in [3.05, 3.63) is 64.7 Å². The van der Waals surface area contributed by atoms with Gasteiger partial charge in [0.1, 0.15) is 18.4 Å². The Bertz CT molecular complexity index is 996. The predicted molar refractivity (Wildman–Crippen MR) is 111 cm³/mol. The van der Waals surface area contributed by atoms with Gasteiger partial charge in [-0.1, -0.05) is 43.3 Å². The van der Waals surface area contributed by atoms with Crippen molar-refractivity contribution >= 4 is 28.9 Å². The third kappa shape index (κ3) is 3.63. The first-order chi connectivity index (χ1) is 14.1. The first-order valence-corrected chi connectivity index (χ1v) is 9.83. The minimum atomic E-state index is -0.282. The fraction of sp³-hybridized carbons (Fsp3) is 0.304. The Morgan fingerprint density at radius 3 is 2.86 bits per heavy atom. The largest absolute Gasteiger partial charge is 0.487 e. The topological polar surface area (TPSA) is 76.7 Å². The van der Waals surface area contributed by atoms with E-state index >= 15 is 0 Å². The van der Waals surface area contributed by atoms with Crippen LogP contribution in [0.4, 0.5) is 5.69 Å². The second kappa shape index (κ2) is 8.09. The number of ether oxygens (including phenoxy) is 2. The monoisotopic (exact) mass is 392 g/mol. The third-order valence-electron chi connectivity index (χ3n) is 5.38. The van der Waals surface area contributed by atoms with E-state index in [0.29, 0.717) is 30.9 Å². The van der Waals surface area contributed by atoms with Crippen molar-refractivity contribution in [1.29, 1.82) is 0 Å². The van der Waals surface area contributed by atoms with Gasteiger partial charge in [0, 0.05) is 22.4 Å². The predicted octanol–water partition coefficient (Wildman–Crippen LogP) is 3.12. The van der Waals surface area contributed by atoms with Crippen molar-refractivity contribution in [2.75, 3.05) is 19.0 Å². The summed E-state index contributed by atoms with van der Waals surface area (Å²) in [7, 11) is 1.41. The van der Waals surface area contributed by atoms with Gasteiger partial charge < -0.3 is 20.1 Å². The van der Waals surface area contributed by atoms with E-state index in [0.717, 1.165) is 34.4 Å². The van der Waals surface area contributed by atoms with E-state index < -0.39 is 0 Å². The summed E-state index contributed by atoms with van der Waals surface area (Å²) in [4.78, 5) is 24.2. The minimum Gasteiger partial charge on any atom is -0.487 e. The van der Waals surface area contributed by atoms with E-state index in [-0.39, 0.29) is 17.9 Å². The van der Waals surface area contributed by atoms with Crippen LogP contribution in [0.2, 0.25) is 0 Å². The molecule has 1 atom stereocenters. The molecule has 2 aliphatic heterocycles. The molecule has 1 unspecified atom stereocenters. The molecule has 0 saturated carbocycles. The van der Waals surface area contributed by atoms with Crippen molar-refractivity contribution in [2.24, 2.45) is 0 Å². The van der Waals surface area contributed by atoms with Gasteiger partial charge in [0.25, 0.3) is 5.91 Å². The highest BCUT2D eigenvalue weighted by Crippen LogP contribution is 2.41. The lowest BCUT2D eigenvalue weighted by Gasteiger charge is -2.14. The number of fused-ring (bicyclic) bond motifs is 2. The van der Waals surface area contributed by atoms with Crippen molar-refractivity contribution in [1.82, 2.24) is 5.32 Å². The first kappa shape index (κ1) is 19.2. The lowest BCUT2D eigenvalue weighted by atomic mass is 9.98. The second-order valence-corrected chi connectivity index (χ2v) is 7.17. The Morgan fingerprint density at radius 2 is 2.07 bits per heavy atom. The van der Waals surface area contributed by atoms with Crippen LogP contribution in [-0.2, 0) is 32.1 Å². The first-order valence-electron chi connectivity index (χ1n) is 9.83. The standard InChI is InChI=1S/C23H24N2O4/c1-3-18(23(27)28-2)24-11-10-14-8-9-16-15(12-14)13-29-21(16)20-17-6-4-5-7-19(17)25-22(20)26/h4-9,12,18,24H,3,10-11,13H2,1-2H3,(H,25,26). The number of hydrogen-bond donors (Lipinski definition) is 2. The molecule has 2 aliphatic rings. The number of benzene rings is 2. The molecular weight excluding hydrogens is 368 g/mol. The summed E-state index contributed by atoms with van der Waals surface area (Å²) in [5, 5.41) is 6.14. The average molecular weight is 392 g/mol. The van der Waals surface area contributed by atoms with Crippen LogP contribution in [0.1, 0.15) is 35.6 Å². The molecule has 150 valence electrons. The number of hydrogen-bond acceptors (Lipinski definition) is 5. The van der Waals surface area contributed by atoms with Crippen LogP contribution in [0.25, 0.3) is 11.3 Å². The maximum atomic E-state index is 12.5. The van der Waals surface area contributed by atoms with Crippen molar-refractivity contribution in [2.45, 2.75) is 32.4 Å². The van der Waals surface area contributed by atoms with Crippen LogP contribution in [0.3, 0.4) is 0 Å². The van der Waals surface area contributed by atoms with Gasteiger partial charge in [0.15, 0.2) is 0 Å². The number of carbonyl (C=O) groups is 2. The number of carbonyl (C=O) groups excluding carboxylic acids is 2. The molecule has 0 aliphatic carbocycles. The highest BCUT2D eigenvalue weighted by atomic mass is 16.5. The van der Waals surface area contributed by atoms with E-state index in [1.165, 1.54) is 7.11 Å². The van der Waals surface area contributed by atoms with Crippen molar-refractivity contribution in [3.63, 3.8) is 0 Å². The average Bonchev–Trinajstić information content (AvgIpc) is 3.29. The molecule has 2 heterocycles. The lowest BCUT2D eigenvalue weighted by Crippen LogP contribution is -2.38. The summed E-state index contributed by atoms with van der Waals surface area (Å²) in [5.41, 5.74) is 5.48. The lowest BCUT2D eigenvalue weighted by molar-refractivity contribution is -0.143. The molecule has 0 bridgehead atoms. The highest BCUT2D eigenvalue weighted by Gasteiger charge is 2.32. The molecule has 6 nitrogen and oxygen atoms in total. The molecule has 2 aromatic rings. The SMILES string of the molecule is CCC(NCCc1ccc2c(c1)COC2=C1C(=O)Nc2ccccc21)C(=O)OC. The van der Waals surface area contributed by atoms with E-state index in [1.807, 2.05) is 43.3 Å². The number of nitrogens with one attached hydrogen (secondary N) is 2. The Labute approximate surface area is 169 Å². The van der Waals surface area contributed by atoms with Crippen LogP contribution >= 0.6 is 0 Å². The quantitative estimate of drug-likeness (QED) is 0.584. The molecule has 0 spiro atoms. The van der Waals surface area contributed by atoms with Crippen LogP contribution in [0, 0.1) is 0 Å². The molecule has 1 amide bonds. The van der Waals surface area contributed by atoms with E-state index in [1.54, 1.807) is 0 Å². The Hall–Kier alpha value is -3.12. The summed E-state index contributed by atoms with van der Waals surface area (Å²) < 4.78 is 10.7.